The average Bonchev–Trinajstić information content (AvgIpc) is 3.05. The maximum Gasteiger partial charge on any atom is 0.321 e. The number of benzene rings is 2. The lowest BCUT2D eigenvalue weighted by Gasteiger charge is -2.01. The van der Waals surface area contributed by atoms with Crippen LogP contribution in [0.1, 0.15) is 5.56 Å². The van der Waals surface area contributed by atoms with Crippen LogP contribution in [0.5, 0.6) is 5.75 Å². The number of rotatable bonds is 6. The minimum absolute atomic E-state index is 0.425. The number of ether oxygens (including phenoxy) is 1. The van der Waals surface area contributed by atoms with Crippen molar-refractivity contribution in [2.45, 2.75) is 6.42 Å². The van der Waals surface area contributed by atoms with Crippen LogP contribution in [0.25, 0.3) is 11.4 Å². The van der Waals surface area contributed by atoms with Crippen molar-refractivity contribution in [1.82, 2.24) is 10.1 Å². The van der Waals surface area contributed by atoms with Crippen molar-refractivity contribution in [1.29, 1.82) is 0 Å². The summed E-state index contributed by atoms with van der Waals surface area (Å²) >= 11 is 0. The van der Waals surface area contributed by atoms with E-state index in [4.69, 9.17) is 9.26 Å². The van der Waals surface area contributed by atoms with Gasteiger partial charge in [0.15, 0.2) is 0 Å². The minimum atomic E-state index is 0.425. The minimum Gasteiger partial charge on any atom is -0.497 e. The summed E-state index contributed by atoms with van der Waals surface area (Å²) in [6, 6.07) is 18.2. The fraction of sp³-hybridized carbons (Fsp3) is 0.176. The van der Waals surface area contributed by atoms with Gasteiger partial charge >= 0.3 is 6.01 Å². The molecule has 2 aromatic carbocycles. The van der Waals surface area contributed by atoms with Gasteiger partial charge in [0.1, 0.15) is 5.75 Å². The number of aromatic nitrogens is 2. The van der Waals surface area contributed by atoms with Gasteiger partial charge in [-0.15, -0.1) is 0 Å². The molecule has 3 rings (SSSR count). The molecule has 0 unspecified atom stereocenters. The van der Waals surface area contributed by atoms with Gasteiger partial charge in [-0.1, -0.05) is 47.6 Å². The van der Waals surface area contributed by atoms with Gasteiger partial charge in [0.2, 0.25) is 5.82 Å². The first-order chi connectivity index (χ1) is 10.8. The number of nitrogens with one attached hydrogen (secondary N) is 1. The monoisotopic (exact) mass is 295 g/mol. The molecule has 5 heteroatoms. The molecule has 22 heavy (non-hydrogen) atoms. The van der Waals surface area contributed by atoms with Crippen LogP contribution in [0.3, 0.4) is 0 Å². The second kappa shape index (κ2) is 6.76. The van der Waals surface area contributed by atoms with E-state index in [1.54, 1.807) is 7.11 Å². The number of hydrogen-bond acceptors (Lipinski definition) is 5. The zero-order chi connectivity index (χ0) is 15.2. The molecule has 0 aliphatic heterocycles. The van der Waals surface area contributed by atoms with Gasteiger partial charge in [0.05, 0.1) is 7.11 Å². The molecule has 112 valence electrons. The van der Waals surface area contributed by atoms with Gasteiger partial charge in [-0.05, 0) is 24.1 Å². The molecule has 0 saturated heterocycles. The first-order valence-electron chi connectivity index (χ1n) is 7.11. The van der Waals surface area contributed by atoms with Crippen molar-refractivity contribution < 1.29 is 9.26 Å². The Labute approximate surface area is 128 Å². The van der Waals surface area contributed by atoms with Gasteiger partial charge in [-0.3, -0.25) is 0 Å². The highest BCUT2D eigenvalue weighted by Crippen LogP contribution is 2.22. The molecule has 1 aromatic heterocycles. The quantitative estimate of drug-likeness (QED) is 0.755. The molecule has 0 saturated carbocycles. The molecule has 0 spiro atoms. The lowest BCUT2D eigenvalue weighted by Crippen LogP contribution is -2.04. The van der Waals surface area contributed by atoms with Crippen LogP contribution in [-0.2, 0) is 6.42 Å². The van der Waals surface area contributed by atoms with Crippen LogP contribution in [-0.4, -0.2) is 23.8 Å². The zero-order valence-corrected chi connectivity index (χ0v) is 12.3. The van der Waals surface area contributed by atoms with Crippen molar-refractivity contribution in [2.75, 3.05) is 19.0 Å². The Morgan fingerprint density at radius 3 is 2.77 bits per heavy atom. The molecule has 0 radical (unpaired) electrons. The van der Waals surface area contributed by atoms with Crippen molar-refractivity contribution in [3.05, 3.63) is 60.2 Å². The van der Waals surface area contributed by atoms with E-state index in [2.05, 4.69) is 27.6 Å². The molecule has 5 nitrogen and oxygen atoms in total. The number of hydrogen-bond donors (Lipinski definition) is 1. The Morgan fingerprint density at radius 1 is 1.09 bits per heavy atom. The maximum absolute atomic E-state index is 5.22. The second-order valence-corrected chi connectivity index (χ2v) is 4.82. The molecule has 0 fully saturated rings. The normalized spacial score (nSPS) is 10.4. The van der Waals surface area contributed by atoms with E-state index in [1.165, 1.54) is 5.56 Å². The SMILES string of the molecule is COc1cccc(-c2noc(NCCc3ccccc3)n2)c1. The van der Waals surface area contributed by atoms with Gasteiger partial charge < -0.3 is 14.6 Å². The summed E-state index contributed by atoms with van der Waals surface area (Å²) in [5.41, 5.74) is 2.13. The first kappa shape index (κ1) is 14.1. The summed E-state index contributed by atoms with van der Waals surface area (Å²) in [5.74, 6) is 1.31. The molecule has 0 bridgehead atoms. The molecule has 0 atom stereocenters. The largest absolute Gasteiger partial charge is 0.497 e. The van der Waals surface area contributed by atoms with Gasteiger partial charge in [0, 0.05) is 12.1 Å². The molecule has 1 heterocycles. The molecule has 0 aliphatic carbocycles. The summed E-state index contributed by atoms with van der Waals surface area (Å²) in [5, 5.41) is 7.12. The highest BCUT2D eigenvalue weighted by atomic mass is 16.5. The summed E-state index contributed by atoms with van der Waals surface area (Å²) < 4.78 is 10.4. The average molecular weight is 295 g/mol. The maximum atomic E-state index is 5.22. The van der Waals surface area contributed by atoms with Gasteiger partial charge in [-0.2, -0.15) is 4.98 Å². The van der Waals surface area contributed by atoms with E-state index in [1.807, 2.05) is 42.5 Å². The second-order valence-electron chi connectivity index (χ2n) is 4.82. The Bertz CT molecular complexity index is 726. The van der Waals surface area contributed by atoms with Crippen molar-refractivity contribution in [3.8, 4) is 17.1 Å². The van der Waals surface area contributed by atoms with Gasteiger partial charge in [0.25, 0.3) is 0 Å². The van der Waals surface area contributed by atoms with Crippen molar-refractivity contribution >= 4 is 6.01 Å². The van der Waals surface area contributed by atoms with E-state index < -0.39 is 0 Å². The molecule has 0 aliphatic rings. The Balaban J connectivity index is 1.61. The topological polar surface area (TPSA) is 60.2 Å². The third kappa shape index (κ3) is 3.44. The number of anilines is 1. The lowest BCUT2D eigenvalue weighted by molar-refractivity contribution is 0.414. The summed E-state index contributed by atoms with van der Waals surface area (Å²) in [7, 11) is 1.63. The van der Waals surface area contributed by atoms with E-state index in [0.29, 0.717) is 11.8 Å². The molecule has 3 aromatic rings. The fourth-order valence-corrected chi connectivity index (χ4v) is 2.13. The fourth-order valence-electron chi connectivity index (χ4n) is 2.13. The molecular weight excluding hydrogens is 278 g/mol. The number of methoxy groups -OCH3 is 1. The Morgan fingerprint density at radius 2 is 1.95 bits per heavy atom. The van der Waals surface area contributed by atoms with E-state index in [9.17, 15) is 0 Å². The molecule has 1 N–H and O–H groups in total. The first-order valence-corrected chi connectivity index (χ1v) is 7.11. The summed E-state index contributed by atoms with van der Waals surface area (Å²) in [6.07, 6.45) is 0.901. The highest BCUT2D eigenvalue weighted by Gasteiger charge is 2.08. The third-order valence-corrected chi connectivity index (χ3v) is 3.29. The van der Waals surface area contributed by atoms with Crippen LogP contribution in [0.4, 0.5) is 6.01 Å². The van der Waals surface area contributed by atoms with E-state index in [-0.39, 0.29) is 0 Å². The van der Waals surface area contributed by atoms with Crippen LogP contribution in [0.2, 0.25) is 0 Å². The van der Waals surface area contributed by atoms with Crippen LogP contribution >= 0.6 is 0 Å². The number of nitrogens with zero attached hydrogens (tertiary/aromatic N) is 2. The Hall–Kier alpha value is -2.82. The molecular formula is C17H17N3O2. The summed E-state index contributed by atoms with van der Waals surface area (Å²) in [6.45, 7) is 0.740. The smallest absolute Gasteiger partial charge is 0.321 e. The van der Waals surface area contributed by atoms with Crippen molar-refractivity contribution in [2.24, 2.45) is 0 Å². The lowest BCUT2D eigenvalue weighted by atomic mass is 10.1. The standard InChI is InChI=1S/C17H17N3O2/c1-21-15-9-5-8-14(12-15)16-19-17(22-20-16)18-11-10-13-6-3-2-4-7-13/h2-9,12H,10-11H2,1H3,(H,18,19,20). The summed E-state index contributed by atoms with van der Waals surface area (Å²) in [4.78, 5) is 4.34. The Kier molecular flexibility index (Phi) is 4.34. The third-order valence-electron chi connectivity index (χ3n) is 3.29. The van der Waals surface area contributed by atoms with Crippen LogP contribution in [0.15, 0.2) is 59.1 Å². The predicted octanol–water partition coefficient (Wildman–Crippen LogP) is 3.40. The predicted molar refractivity (Wildman–Crippen MR) is 84.9 cm³/mol. The van der Waals surface area contributed by atoms with Crippen LogP contribution < -0.4 is 10.1 Å². The van der Waals surface area contributed by atoms with E-state index in [0.717, 1.165) is 24.3 Å². The van der Waals surface area contributed by atoms with Crippen molar-refractivity contribution in [3.63, 3.8) is 0 Å². The molecule has 0 amide bonds. The van der Waals surface area contributed by atoms with Gasteiger partial charge in [-0.25, -0.2) is 0 Å². The highest BCUT2D eigenvalue weighted by molar-refractivity contribution is 5.57. The van der Waals surface area contributed by atoms with E-state index >= 15 is 0 Å². The zero-order valence-electron chi connectivity index (χ0n) is 12.3. The van der Waals surface area contributed by atoms with Crippen LogP contribution in [0, 0.1) is 0 Å².